The molecule has 1 heterocycles. The second-order valence-corrected chi connectivity index (χ2v) is 3.75. The summed E-state index contributed by atoms with van der Waals surface area (Å²) in [4.78, 5) is 0. The number of rotatable bonds is 4. The maximum atomic E-state index is 8.69. The lowest BCUT2D eigenvalue weighted by Gasteiger charge is -2.21. The highest BCUT2D eigenvalue weighted by Crippen LogP contribution is 2.31. The summed E-state index contributed by atoms with van der Waals surface area (Å²) in [5.74, 6) is 0.917. The highest BCUT2D eigenvalue weighted by molar-refractivity contribution is 5.63. The molecule has 3 heteroatoms. The Morgan fingerprint density at radius 3 is 3.20 bits per heavy atom. The van der Waals surface area contributed by atoms with Gasteiger partial charge in [0.15, 0.2) is 0 Å². The summed E-state index contributed by atoms with van der Waals surface area (Å²) in [6.45, 7) is 1.78. The van der Waals surface area contributed by atoms with Gasteiger partial charge in [-0.05, 0) is 24.5 Å². The standard InChI is InChI=1S/C12H17NO2/c14-8-3-9-15-11-6-1-4-10-5-2-7-13-12(10)11/h1,4,6,13-14H,2-3,5,7-9H2. The molecule has 0 aromatic heterocycles. The second kappa shape index (κ2) is 5.03. The lowest BCUT2D eigenvalue weighted by molar-refractivity contribution is 0.234. The van der Waals surface area contributed by atoms with Crippen LogP contribution in [0.15, 0.2) is 18.2 Å². The number of aliphatic hydroxyl groups excluding tert-OH is 1. The quantitative estimate of drug-likeness (QED) is 0.740. The van der Waals surface area contributed by atoms with Gasteiger partial charge >= 0.3 is 0 Å². The van der Waals surface area contributed by atoms with Crippen LogP contribution in [0.1, 0.15) is 18.4 Å². The van der Waals surface area contributed by atoms with Crippen molar-refractivity contribution in [3.8, 4) is 5.75 Å². The zero-order chi connectivity index (χ0) is 10.5. The fraction of sp³-hybridized carbons (Fsp3) is 0.500. The van der Waals surface area contributed by atoms with Gasteiger partial charge in [-0.25, -0.2) is 0 Å². The number of aryl methyl sites for hydroxylation is 1. The van der Waals surface area contributed by atoms with E-state index < -0.39 is 0 Å². The first-order chi connectivity index (χ1) is 7.42. The third-order valence-corrected chi connectivity index (χ3v) is 2.60. The van der Waals surface area contributed by atoms with Crippen molar-refractivity contribution in [1.82, 2.24) is 0 Å². The van der Waals surface area contributed by atoms with Crippen molar-refractivity contribution in [2.75, 3.05) is 25.1 Å². The molecule has 0 unspecified atom stereocenters. The minimum Gasteiger partial charge on any atom is -0.491 e. The third kappa shape index (κ3) is 2.42. The van der Waals surface area contributed by atoms with E-state index in [1.54, 1.807) is 0 Å². The van der Waals surface area contributed by atoms with E-state index in [1.807, 2.05) is 12.1 Å². The zero-order valence-electron chi connectivity index (χ0n) is 8.83. The highest BCUT2D eigenvalue weighted by Gasteiger charge is 2.12. The van der Waals surface area contributed by atoms with Gasteiger partial charge in [-0.15, -0.1) is 0 Å². The van der Waals surface area contributed by atoms with Gasteiger partial charge in [0.2, 0.25) is 0 Å². The molecule has 1 aliphatic heterocycles. The van der Waals surface area contributed by atoms with E-state index in [1.165, 1.54) is 12.0 Å². The molecule has 3 nitrogen and oxygen atoms in total. The van der Waals surface area contributed by atoms with E-state index in [9.17, 15) is 0 Å². The summed E-state index contributed by atoms with van der Waals surface area (Å²) in [5.41, 5.74) is 2.48. The lowest BCUT2D eigenvalue weighted by atomic mass is 10.0. The first-order valence-electron chi connectivity index (χ1n) is 5.51. The topological polar surface area (TPSA) is 41.5 Å². The molecule has 2 rings (SSSR count). The van der Waals surface area contributed by atoms with Crippen LogP contribution in [0.3, 0.4) is 0 Å². The average Bonchev–Trinajstić information content (AvgIpc) is 2.30. The Morgan fingerprint density at radius 2 is 2.33 bits per heavy atom. The molecule has 0 atom stereocenters. The van der Waals surface area contributed by atoms with Gasteiger partial charge in [0.25, 0.3) is 0 Å². The highest BCUT2D eigenvalue weighted by atomic mass is 16.5. The molecule has 1 aliphatic rings. The molecule has 0 spiro atoms. The molecule has 1 aromatic rings. The molecular weight excluding hydrogens is 190 g/mol. The number of para-hydroxylation sites is 1. The number of ether oxygens (including phenoxy) is 1. The Hall–Kier alpha value is -1.22. The van der Waals surface area contributed by atoms with Crippen LogP contribution in [0.4, 0.5) is 5.69 Å². The van der Waals surface area contributed by atoms with Gasteiger partial charge in [0.05, 0.1) is 12.3 Å². The summed E-state index contributed by atoms with van der Waals surface area (Å²) >= 11 is 0. The van der Waals surface area contributed by atoms with Gasteiger partial charge in [-0.1, -0.05) is 12.1 Å². The molecule has 0 bridgehead atoms. The molecule has 0 aliphatic carbocycles. The summed E-state index contributed by atoms with van der Waals surface area (Å²) in [6.07, 6.45) is 3.00. The summed E-state index contributed by atoms with van der Waals surface area (Å²) < 4.78 is 5.62. The minimum absolute atomic E-state index is 0.183. The summed E-state index contributed by atoms with van der Waals surface area (Å²) in [7, 11) is 0. The van der Waals surface area contributed by atoms with E-state index >= 15 is 0 Å². The SMILES string of the molecule is OCCCOc1cccc2c1NCCC2. The molecule has 1 aromatic carbocycles. The van der Waals surface area contributed by atoms with E-state index in [0.29, 0.717) is 13.0 Å². The van der Waals surface area contributed by atoms with E-state index in [-0.39, 0.29) is 6.61 Å². The van der Waals surface area contributed by atoms with Crippen LogP contribution in [0, 0.1) is 0 Å². The molecular formula is C12H17NO2. The van der Waals surface area contributed by atoms with Gasteiger partial charge in [-0.2, -0.15) is 0 Å². The van der Waals surface area contributed by atoms with Crippen LogP contribution in [-0.4, -0.2) is 24.9 Å². The van der Waals surface area contributed by atoms with Crippen molar-refractivity contribution in [3.05, 3.63) is 23.8 Å². The van der Waals surface area contributed by atoms with Crippen molar-refractivity contribution in [3.63, 3.8) is 0 Å². The Morgan fingerprint density at radius 1 is 1.40 bits per heavy atom. The average molecular weight is 207 g/mol. The van der Waals surface area contributed by atoms with Crippen LogP contribution in [0.5, 0.6) is 5.75 Å². The molecule has 15 heavy (non-hydrogen) atoms. The largest absolute Gasteiger partial charge is 0.491 e. The van der Waals surface area contributed by atoms with E-state index in [2.05, 4.69) is 11.4 Å². The van der Waals surface area contributed by atoms with Crippen LogP contribution >= 0.6 is 0 Å². The van der Waals surface area contributed by atoms with Crippen LogP contribution in [0.25, 0.3) is 0 Å². The Labute approximate surface area is 90.1 Å². The molecule has 0 saturated carbocycles. The van der Waals surface area contributed by atoms with E-state index in [0.717, 1.165) is 24.4 Å². The number of fused-ring (bicyclic) bond motifs is 1. The van der Waals surface area contributed by atoms with E-state index in [4.69, 9.17) is 9.84 Å². The maximum absolute atomic E-state index is 8.69. The monoisotopic (exact) mass is 207 g/mol. The van der Waals surface area contributed by atoms with Crippen LogP contribution in [0.2, 0.25) is 0 Å². The van der Waals surface area contributed by atoms with Crippen molar-refractivity contribution in [2.45, 2.75) is 19.3 Å². The summed E-state index contributed by atoms with van der Waals surface area (Å²) in [5, 5.41) is 12.1. The van der Waals surface area contributed by atoms with Gasteiger partial charge in [0.1, 0.15) is 5.75 Å². The van der Waals surface area contributed by atoms with Gasteiger partial charge in [-0.3, -0.25) is 0 Å². The lowest BCUT2D eigenvalue weighted by Crippen LogP contribution is -2.13. The predicted octanol–water partition coefficient (Wildman–Crippen LogP) is 1.81. The first-order valence-corrected chi connectivity index (χ1v) is 5.51. The zero-order valence-corrected chi connectivity index (χ0v) is 8.83. The van der Waals surface area contributed by atoms with Gasteiger partial charge in [0, 0.05) is 19.6 Å². The molecule has 0 saturated heterocycles. The number of aliphatic hydroxyl groups is 1. The summed E-state index contributed by atoms with van der Waals surface area (Å²) in [6, 6.07) is 6.15. The van der Waals surface area contributed by atoms with Crippen LogP contribution in [-0.2, 0) is 6.42 Å². The van der Waals surface area contributed by atoms with Crippen molar-refractivity contribution < 1.29 is 9.84 Å². The number of nitrogens with one attached hydrogen (secondary N) is 1. The Bertz CT molecular complexity index is 325. The smallest absolute Gasteiger partial charge is 0.142 e. The van der Waals surface area contributed by atoms with Crippen molar-refractivity contribution in [1.29, 1.82) is 0 Å². The fourth-order valence-electron chi connectivity index (χ4n) is 1.84. The maximum Gasteiger partial charge on any atom is 0.142 e. The predicted molar refractivity (Wildman–Crippen MR) is 60.5 cm³/mol. The Balaban J connectivity index is 2.09. The molecule has 0 radical (unpaired) electrons. The number of hydrogen-bond donors (Lipinski definition) is 2. The molecule has 2 N–H and O–H groups in total. The number of hydrogen-bond acceptors (Lipinski definition) is 3. The van der Waals surface area contributed by atoms with Gasteiger partial charge < -0.3 is 15.2 Å². The third-order valence-electron chi connectivity index (χ3n) is 2.60. The molecule has 0 fully saturated rings. The molecule has 0 amide bonds. The number of benzene rings is 1. The minimum atomic E-state index is 0.183. The number of anilines is 1. The second-order valence-electron chi connectivity index (χ2n) is 3.75. The van der Waals surface area contributed by atoms with Crippen LogP contribution < -0.4 is 10.1 Å². The Kier molecular flexibility index (Phi) is 3.45. The first kappa shape index (κ1) is 10.3. The normalized spacial score (nSPS) is 14.2. The van der Waals surface area contributed by atoms with Crippen molar-refractivity contribution >= 4 is 5.69 Å². The molecule has 82 valence electrons. The van der Waals surface area contributed by atoms with Crippen molar-refractivity contribution in [2.24, 2.45) is 0 Å². The fourth-order valence-corrected chi connectivity index (χ4v) is 1.84.